The lowest BCUT2D eigenvalue weighted by atomic mass is 10.2. The Balaban J connectivity index is 2.29. The molecule has 2 aromatic rings. The first-order chi connectivity index (χ1) is 8.43. The molecule has 1 heterocycles. The topological polar surface area (TPSA) is 57.8 Å². The maximum Gasteiger partial charge on any atom is 0.383 e. The number of fused-ring (bicyclic) bond motifs is 1. The SMILES string of the molecule is O=C(Nc1cccc2cn[nH]c12)C(F)(F)C(F)F. The van der Waals surface area contributed by atoms with E-state index in [1.807, 2.05) is 0 Å². The van der Waals surface area contributed by atoms with E-state index < -0.39 is 18.3 Å². The van der Waals surface area contributed by atoms with E-state index in [1.54, 1.807) is 11.4 Å². The van der Waals surface area contributed by atoms with E-state index in [4.69, 9.17) is 0 Å². The van der Waals surface area contributed by atoms with Gasteiger partial charge in [0.05, 0.1) is 17.4 Å². The van der Waals surface area contributed by atoms with E-state index in [0.29, 0.717) is 5.39 Å². The number of carbonyl (C=O) groups excluding carboxylic acids is 1. The predicted molar refractivity (Wildman–Crippen MR) is 55.7 cm³/mol. The van der Waals surface area contributed by atoms with E-state index in [1.165, 1.54) is 18.3 Å². The minimum Gasteiger partial charge on any atom is -0.319 e. The van der Waals surface area contributed by atoms with Gasteiger partial charge in [0, 0.05) is 5.39 Å². The lowest BCUT2D eigenvalue weighted by molar-refractivity contribution is -0.163. The molecule has 0 spiro atoms. The maximum atomic E-state index is 12.8. The zero-order chi connectivity index (χ0) is 13.3. The number of nitrogens with one attached hydrogen (secondary N) is 2. The fraction of sp³-hybridized carbons (Fsp3) is 0.200. The van der Waals surface area contributed by atoms with Crippen molar-refractivity contribution >= 4 is 22.5 Å². The van der Waals surface area contributed by atoms with Gasteiger partial charge in [-0.1, -0.05) is 12.1 Å². The second-order valence-electron chi connectivity index (χ2n) is 3.52. The molecule has 0 aliphatic carbocycles. The molecule has 1 aromatic carbocycles. The maximum absolute atomic E-state index is 12.8. The Morgan fingerprint density at radius 2 is 2.11 bits per heavy atom. The van der Waals surface area contributed by atoms with Crippen molar-refractivity contribution in [3.05, 3.63) is 24.4 Å². The smallest absolute Gasteiger partial charge is 0.319 e. The number of alkyl halides is 4. The van der Waals surface area contributed by atoms with Crippen LogP contribution >= 0.6 is 0 Å². The van der Waals surface area contributed by atoms with Crippen LogP contribution in [0.25, 0.3) is 10.9 Å². The van der Waals surface area contributed by atoms with Crippen molar-refractivity contribution in [2.45, 2.75) is 12.3 Å². The number of anilines is 1. The third-order valence-corrected chi connectivity index (χ3v) is 2.30. The number of rotatable bonds is 3. The molecule has 18 heavy (non-hydrogen) atoms. The molecule has 0 radical (unpaired) electrons. The number of halogens is 4. The zero-order valence-electron chi connectivity index (χ0n) is 8.75. The van der Waals surface area contributed by atoms with Crippen molar-refractivity contribution in [3.8, 4) is 0 Å². The molecule has 0 aliphatic rings. The monoisotopic (exact) mass is 261 g/mol. The highest BCUT2D eigenvalue weighted by atomic mass is 19.3. The minimum absolute atomic E-state index is 0.0321. The van der Waals surface area contributed by atoms with Gasteiger partial charge >= 0.3 is 18.3 Å². The van der Waals surface area contributed by atoms with Crippen LogP contribution < -0.4 is 5.32 Å². The number of hydrogen-bond donors (Lipinski definition) is 2. The van der Waals surface area contributed by atoms with Crippen molar-refractivity contribution in [1.29, 1.82) is 0 Å². The Morgan fingerprint density at radius 3 is 2.78 bits per heavy atom. The normalized spacial score (nSPS) is 12.1. The highest BCUT2D eigenvalue weighted by Gasteiger charge is 2.49. The average Bonchev–Trinajstić information content (AvgIpc) is 2.77. The van der Waals surface area contributed by atoms with Gasteiger partial charge in [-0.05, 0) is 6.07 Å². The van der Waals surface area contributed by atoms with Crippen LogP contribution in [0, 0.1) is 0 Å². The summed E-state index contributed by atoms with van der Waals surface area (Å²) in [5.74, 6) is -6.79. The Morgan fingerprint density at radius 1 is 1.39 bits per heavy atom. The summed E-state index contributed by atoms with van der Waals surface area (Å²) in [5, 5.41) is 8.45. The summed E-state index contributed by atoms with van der Waals surface area (Å²) >= 11 is 0. The average molecular weight is 261 g/mol. The summed E-state index contributed by atoms with van der Waals surface area (Å²) in [6, 6.07) is 4.41. The Bertz CT molecular complexity index is 581. The third kappa shape index (κ3) is 2.01. The molecule has 1 amide bonds. The molecule has 0 saturated carbocycles. The van der Waals surface area contributed by atoms with Crippen molar-refractivity contribution in [1.82, 2.24) is 10.2 Å². The predicted octanol–water partition coefficient (Wildman–Crippen LogP) is 2.40. The lowest BCUT2D eigenvalue weighted by Crippen LogP contribution is -2.41. The molecule has 0 saturated heterocycles. The fourth-order valence-electron chi connectivity index (χ4n) is 1.38. The van der Waals surface area contributed by atoms with E-state index in [9.17, 15) is 22.4 Å². The molecule has 8 heteroatoms. The van der Waals surface area contributed by atoms with Gasteiger partial charge in [0.2, 0.25) is 0 Å². The van der Waals surface area contributed by atoms with Gasteiger partial charge in [-0.25, -0.2) is 8.78 Å². The van der Waals surface area contributed by atoms with E-state index in [2.05, 4.69) is 10.2 Å². The number of amides is 1. The summed E-state index contributed by atoms with van der Waals surface area (Å²) in [6.45, 7) is 0. The molecule has 0 bridgehead atoms. The van der Waals surface area contributed by atoms with Gasteiger partial charge in [0.15, 0.2) is 0 Å². The molecular weight excluding hydrogens is 254 g/mol. The van der Waals surface area contributed by atoms with Crippen LogP contribution in [0.15, 0.2) is 24.4 Å². The van der Waals surface area contributed by atoms with Crippen LogP contribution in [0.3, 0.4) is 0 Å². The summed E-state index contributed by atoms with van der Waals surface area (Å²) < 4.78 is 49.5. The minimum atomic E-state index is -4.73. The molecule has 1 aromatic heterocycles. The van der Waals surface area contributed by atoms with E-state index in [-0.39, 0.29) is 11.2 Å². The summed E-state index contributed by atoms with van der Waals surface area (Å²) in [5.41, 5.74) is 0.256. The number of H-pyrrole nitrogens is 1. The molecule has 0 aliphatic heterocycles. The summed E-state index contributed by atoms with van der Waals surface area (Å²) in [7, 11) is 0. The van der Waals surface area contributed by atoms with Crippen LogP contribution in [0.4, 0.5) is 23.2 Å². The molecule has 2 N–H and O–H groups in total. The van der Waals surface area contributed by atoms with Crippen LogP contribution in [-0.4, -0.2) is 28.5 Å². The van der Waals surface area contributed by atoms with Gasteiger partial charge < -0.3 is 5.32 Å². The van der Waals surface area contributed by atoms with Crippen molar-refractivity contribution in [2.75, 3.05) is 5.32 Å². The van der Waals surface area contributed by atoms with E-state index in [0.717, 1.165) is 0 Å². The highest BCUT2D eigenvalue weighted by molar-refractivity contribution is 6.03. The quantitative estimate of drug-likeness (QED) is 0.833. The van der Waals surface area contributed by atoms with Crippen molar-refractivity contribution in [3.63, 3.8) is 0 Å². The Labute approximate surface area is 98.0 Å². The summed E-state index contributed by atoms with van der Waals surface area (Å²) in [6.07, 6.45) is -2.64. The van der Waals surface area contributed by atoms with E-state index >= 15 is 0 Å². The van der Waals surface area contributed by atoms with Gasteiger partial charge in [0.1, 0.15) is 0 Å². The zero-order valence-corrected chi connectivity index (χ0v) is 8.75. The molecule has 0 atom stereocenters. The molecule has 2 rings (SSSR count). The lowest BCUT2D eigenvalue weighted by Gasteiger charge is -2.15. The first-order valence-electron chi connectivity index (χ1n) is 4.82. The first-order valence-corrected chi connectivity index (χ1v) is 4.82. The Kier molecular flexibility index (Phi) is 2.93. The van der Waals surface area contributed by atoms with Gasteiger partial charge in [-0.15, -0.1) is 0 Å². The van der Waals surface area contributed by atoms with Gasteiger partial charge in [-0.2, -0.15) is 13.9 Å². The van der Waals surface area contributed by atoms with Crippen LogP contribution in [0.1, 0.15) is 0 Å². The van der Waals surface area contributed by atoms with Crippen molar-refractivity contribution < 1.29 is 22.4 Å². The number of aromatic nitrogens is 2. The number of nitrogens with zero attached hydrogens (tertiary/aromatic N) is 1. The Hall–Kier alpha value is -2.12. The van der Waals surface area contributed by atoms with Crippen LogP contribution in [-0.2, 0) is 4.79 Å². The number of aromatic amines is 1. The number of para-hydroxylation sites is 1. The fourth-order valence-corrected chi connectivity index (χ4v) is 1.38. The molecule has 96 valence electrons. The van der Waals surface area contributed by atoms with Gasteiger partial charge in [-0.3, -0.25) is 9.89 Å². The van der Waals surface area contributed by atoms with Gasteiger partial charge in [0.25, 0.3) is 0 Å². The second-order valence-corrected chi connectivity index (χ2v) is 3.52. The molecule has 4 nitrogen and oxygen atoms in total. The third-order valence-electron chi connectivity index (χ3n) is 2.30. The first kappa shape index (κ1) is 12.3. The van der Waals surface area contributed by atoms with Crippen molar-refractivity contribution in [2.24, 2.45) is 0 Å². The largest absolute Gasteiger partial charge is 0.383 e. The molecular formula is C10H7F4N3O. The molecule has 0 fully saturated rings. The van der Waals surface area contributed by atoms with Crippen LogP contribution in [0.2, 0.25) is 0 Å². The number of hydrogen-bond acceptors (Lipinski definition) is 2. The highest BCUT2D eigenvalue weighted by Crippen LogP contribution is 2.27. The molecule has 0 unspecified atom stereocenters. The number of benzene rings is 1. The standard InChI is InChI=1S/C10H7F4N3O/c11-8(12)10(13,14)9(18)16-6-3-1-2-5-4-15-17-7(5)6/h1-4,8H,(H,15,17)(H,16,18). The number of carbonyl (C=O) groups is 1. The second kappa shape index (κ2) is 4.28. The summed E-state index contributed by atoms with van der Waals surface area (Å²) in [4.78, 5) is 11.1. The van der Waals surface area contributed by atoms with Crippen LogP contribution in [0.5, 0.6) is 0 Å².